The molecule has 0 spiro atoms. The summed E-state index contributed by atoms with van der Waals surface area (Å²) in [5.74, 6) is 1.87. The van der Waals surface area contributed by atoms with E-state index in [1.54, 1.807) is 6.20 Å². The van der Waals surface area contributed by atoms with Crippen molar-refractivity contribution in [2.75, 3.05) is 11.9 Å². The maximum atomic E-state index is 4.53. The van der Waals surface area contributed by atoms with E-state index < -0.39 is 0 Å². The van der Waals surface area contributed by atoms with Gasteiger partial charge in [-0.15, -0.1) is 0 Å². The standard InChI is InChI=1S/C16H17N7/c1-10(2)5-19-15-20-8-13-12(7-18-14(13)22-15)11-6-21-16-17-3-4-23(16)9-11/h3-4,6-10H,5H2,1-2H3,(H2,18,19,20,22). The van der Waals surface area contributed by atoms with Gasteiger partial charge < -0.3 is 10.3 Å². The lowest BCUT2D eigenvalue weighted by molar-refractivity contribution is 0.685. The second kappa shape index (κ2) is 5.35. The van der Waals surface area contributed by atoms with Crippen LogP contribution in [0.1, 0.15) is 13.8 Å². The lowest BCUT2D eigenvalue weighted by Gasteiger charge is -2.07. The van der Waals surface area contributed by atoms with Gasteiger partial charge >= 0.3 is 0 Å². The zero-order valence-corrected chi connectivity index (χ0v) is 13.0. The molecular weight excluding hydrogens is 290 g/mol. The number of anilines is 1. The van der Waals surface area contributed by atoms with E-state index >= 15 is 0 Å². The highest BCUT2D eigenvalue weighted by Crippen LogP contribution is 2.27. The summed E-state index contributed by atoms with van der Waals surface area (Å²) < 4.78 is 1.90. The summed E-state index contributed by atoms with van der Waals surface area (Å²) in [6.07, 6.45) is 11.2. The zero-order valence-electron chi connectivity index (χ0n) is 13.0. The van der Waals surface area contributed by atoms with Crippen LogP contribution in [0.15, 0.2) is 37.2 Å². The fraction of sp³-hybridized carbons (Fsp3) is 0.250. The first kappa shape index (κ1) is 13.7. The maximum Gasteiger partial charge on any atom is 0.233 e. The van der Waals surface area contributed by atoms with Crippen molar-refractivity contribution in [2.24, 2.45) is 5.92 Å². The summed E-state index contributed by atoms with van der Waals surface area (Å²) in [4.78, 5) is 20.7. The van der Waals surface area contributed by atoms with Crippen LogP contribution in [-0.2, 0) is 0 Å². The van der Waals surface area contributed by atoms with Crippen LogP contribution in [0.4, 0.5) is 5.95 Å². The molecule has 7 nitrogen and oxygen atoms in total. The number of rotatable bonds is 4. The summed E-state index contributed by atoms with van der Waals surface area (Å²) in [5.41, 5.74) is 2.83. The number of hydrogen-bond acceptors (Lipinski definition) is 5. The molecule has 0 unspecified atom stereocenters. The molecule has 4 rings (SSSR count). The third kappa shape index (κ3) is 2.50. The lowest BCUT2D eigenvalue weighted by atomic mass is 10.1. The molecule has 2 N–H and O–H groups in total. The number of hydrogen-bond donors (Lipinski definition) is 2. The van der Waals surface area contributed by atoms with E-state index in [0.29, 0.717) is 17.6 Å². The molecule has 0 atom stereocenters. The van der Waals surface area contributed by atoms with Crippen LogP contribution in [-0.4, -0.2) is 35.9 Å². The molecule has 0 bridgehead atoms. The molecule has 7 heteroatoms. The molecule has 116 valence electrons. The molecule has 0 saturated carbocycles. The topological polar surface area (TPSA) is 83.8 Å². The third-order valence-corrected chi connectivity index (χ3v) is 3.66. The average molecular weight is 307 g/mol. The minimum absolute atomic E-state index is 0.543. The van der Waals surface area contributed by atoms with Crippen LogP contribution in [0.3, 0.4) is 0 Å². The molecule has 0 aliphatic heterocycles. The molecule has 0 aliphatic carbocycles. The van der Waals surface area contributed by atoms with Gasteiger partial charge in [-0.05, 0) is 5.92 Å². The number of aromatic nitrogens is 6. The van der Waals surface area contributed by atoms with E-state index in [4.69, 9.17) is 0 Å². The first-order valence-electron chi connectivity index (χ1n) is 7.58. The number of imidazole rings is 1. The van der Waals surface area contributed by atoms with E-state index in [-0.39, 0.29) is 0 Å². The number of H-pyrrole nitrogens is 1. The molecule has 23 heavy (non-hydrogen) atoms. The third-order valence-electron chi connectivity index (χ3n) is 3.66. The molecule has 4 heterocycles. The molecule has 0 fully saturated rings. The summed E-state index contributed by atoms with van der Waals surface area (Å²) in [6.45, 7) is 5.15. The number of nitrogens with one attached hydrogen (secondary N) is 2. The Morgan fingerprint density at radius 2 is 2.13 bits per heavy atom. The lowest BCUT2D eigenvalue weighted by Crippen LogP contribution is -2.10. The van der Waals surface area contributed by atoms with Gasteiger partial charge in [-0.25, -0.2) is 15.0 Å². The van der Waals surface area contributed by atoms with Crippen LogP contribution >= 0.6 is 0 Å². The van der Waals surface area contributed by atoms with Crippen molar-refractivity contribution in [2.45, 2.75) is 13.8 Å². The van der Waals surface area contributed by atoms with E-state index in [1.807, 2.05) is 35.4 Å². The van der Waals surface area contributed by atoms with Gasteiger partial charge in [0, 0.05) is 60.2 Å². The molecule has 0 aromatic carbocycles. The number of fused-ring (bicyclic) bond motifs is 2. The van der Waals surface area contributed by atoms with Crippen LogP contribution in [0, 0.1) is 5.92 Å². The van der Waals surface area contributed by atoms with Crippen molar-refractivity contribution in [3.63, 3.8) is 0 Å². The first-order chi connectivity index (χ1) is 11.2. The van der Waals surface area contributed by atoms with Crippen molar-refractivity contribution >= 4 is 22.8 Å². The van der Waals surface area contributed by atoms with Gasteiger partial charge in [-0.2, -0.15) is 4.98 Å². The number of aromatic amines is 1. The first-order valence-corrected chi connectivity index (χ1v) is 7.58. The van der Waals surface area contributed by atoms with Gasteiger partial charge in [0.05, 0.1) is 0 Å². The highest BCUT2D eigenvalue weighted by Gasteiger charge is 2.10. The number of nitrogens with zero attached hydrogens (tertiary/aromatic N) is 5. The maximum absolute atomic E-state index is 4.53. The Hall–Kier alpha value is -2.96. The van der Waals surface area contributed by atoms with Crippen molar-refractivity contribution in [3.8, 4) is 11.1 Å². The van der Waals surface area contributed by atoms with Crippen LogP contribution < -0.4 is 5.32 Å². The fourth-order valence-corrected chi connectivity index (χ4v) is 2.48. The van der Waals surface area contributed by atoms with Crippen molar-refractivity contribution < 1.29 is 0 Å². The highest BCUT2D eigenvalue weighted by atomic mass is 15.1. The van der Waals surface area contributed by atoms with Crippen molar-refractivity contribution in [1.29, 1.82) is 0 Å². The Labute approximate surface area is 132 Å². The zero-order chi connectivity index (χ0) is 15.8. The predicted molar refractivity (Wildman–Crippen MR) is 89.2 cm³/mol. The summed E-state index contributed by atoms with van der Waals surface area (Å²) in [5, 5.41) is 4.21. The van der Waals surface area contributed by atoms with Crippen molar-refractivity contribution in [3.05, 3.63) is 37.2 Å². The Morgan fingerprint density at radius 3 is 3.00 bits per heavy atom. The van der Waals surface area contributed by atoms with E-state index in [0.717, 1.165) is 28.7 Å². The van der Waals surface area contributed by atoms with Gasteiger partial charge in [0.1, 0.15) is 5.65 Å². The molecule has 4 aromatic rings. The van der Waals surface area contributed by atoms with Crippen molar-refractivity contribution in [1.82, 2.24) is 29.3 Å². The van der Waals surface area contributed by atoms with Crippen LogP contribution in [0.5, 0.6) is 0 Å². The Balaban J connectivity index is 1.72. The van der Waals surface area contributed by atoms with Gasteiger partial charge in [0.2, 0.25) is 11.7 Å². The molecule has 0 aliphatic rings. The Kier molecular flexibility index (Phi) is 3.18. The van der Waals surface area contributed by atoms with E-state index in [2.05, 4.69) is 44.1 Å². The van der Waals surface area contributed by atoms with Crippen LogP contribution in [0.2, 0.25) is 0 Å². The van der Waals surface area contributed by atoms with E-state index in [1.165, 1.54) is 0 Å². The SMILES string of the molecule is CC(C)CNc1ncc2c(-c3cnc4nccn4c3)c[nH]c2n1. The normalized spacial score (nSPS) is 11.6. The summed E-state index contributed by atoms with van der Waals surface area (Å²) in [7, 11) is 0. The monoisotopic (exact) mass is 307 g/mol. The molecule has 4 aromatic heterocycles. The summed E-state index contributed by atoms with van der Waals surface area (Å²) in [6, 6.07) is 0. The fourth-order valence-electron chi connectivity index (χ4n) is 2.48. The van der Waals surface area contributed by atoms with Gasteiger partial charge in [-0.3, -0.25) is 4.40 Å². The predicted octanol–water partition coefficient (Wildman–Crippen LogP) is 2.74. The van der Waals surface area contributed by atoms with E-state index in [9.17, 15) is 0 Å². The van der Waals surface area contributed by atoms with Crippen LogP contribution in [0.25, 0.3) is 27.9 Å². The Morgan fingerprint density at radius 1 is 1.22 bits per heavy atom. The minimum atomic E-state index is 0.543. The minimum Gasteiger partial charge on any atom is -0.354 e. The molecule has 0 amide bonds. The molecule has 0 saturated heterocycles. The Bertz CT molecular complexity index is 967. The summed E-state index contributed by atoms with van der Waals surface area (Å²) >= 11 is 0. The largest absolute Gasteiger partial charge is 0.354 e. The molecular formula is C16H17N7. The second-order valence-corrected chi connectivity index (χ2v) is 5.91. The smallest absolute Gasteiger partial charge is 0.233 e. The van der Waals surface area contributed by atoms with Gasteiger partial charge in [-0.1, -0.05) is 13.8 Å². The quantitative estimate of drug-likeness (QED) is 0.605. The average Bonchev–Trinajstić information content (AvgIpc) is 3.18. The van der Waals surface area contributed by atoms with Gasteiger partial charge in [0.25, 0.3) is 0 Å². The second-order valence-electron chi connectivity index (χ2n) is 5.91. The highest BCUT2D eigenvalue weighted by molar-refractivity contribution is 5.93. The molecule has 0 radical (unpaired) electrons. The van der Waals surface area contributed by atoms with Gasteiger partial charge in [0.15, 0.2) is 0 Å².